The first-order valence-electron chi connectivity index (χ1n) is 5.72. The average molecular weight is 272 g/mol. The summed E-state index contributed by atoms with van der Waals surface area (Å²) >= 11 is 12.1. The van der Waals surface area contributed by atoms with Gasteiger partial charge in [-0.3, -0.25) is 4.79 Å². The second-order valence-corrected chi connectivity index (χ2v) is 5.69. The molecule has 4 heteroatoms. The molecule has 1 aromatic carbocycles. The quantitative estimate of drug-likeness (QED) is 0.891. The smallest absolute Gasteiger partial charge is 0.223 e. The maximum atomic E-state index is 11.8. The lowest BCUT2D eigenvalue weighted by molar-refractivity contribution is -0.125. The number of nitrogens with one attached hydrogen (secondary N) is 1. The number of amides is 1. The highest BCUT2D eigenvalue weighted by Crippen LogP contribution is 2.48. The molecule has 0 radical (unpaired) electrons. The second kappa shape index (κ2) is 4.51. The number of hydrogen-bond acceptors (Lipinski definition) is 1. The number of hydrogen-bond donors (Lipinski definition) is 1. The van der Waals surface area contributed by atoms with E-state index < -0.39 is 0 Å². The Bertz CT molecular complexity index is 453. The van der Waals surface area contributed by atoms with Crippen molar-refractivity contribution in [1.82, 2.24) is 5.32 Å². The van der Waals surface area contributed by atoms with Crippen LogP contribution in [0.25, 0.3) is 0 Å². The van der Waals surface area contributed by atoms with Crippen LogP contribution < -0.4 is 5.32 Å². The van der Waals surface area contributed by atoms with Gasteiger partial charge in [0, 0.05) is 16.0 Å². The van der Waals surface area contributed by atoms with Crippen LogP contribution in [0.4, 0.5) is 0 Å². The molecule has 17 heavy (non-hydrogen) atoms. The van der Waals surface area contributed by atoms with Gasteiger partial charge in [-0.15, -0.1) is 0 Å². The Morgan fingerprint density at radius 3 is 2.47 bits per heavy atom. The van der Waals surface area contributed by atoms with Gasteiger partial charge in [-0.05, 0) is 30.5 Å². The van der Waals surface area contributed by atoms with Crippen molar-refractivity contribution < 1.29 is 4.79 Å². The van der Waals surface area contributed by atoms with E-state index in [1.165, 1.54) is 0 Å². The molecule has 1 amide bonds. The van der Waals surface area contributed by atoms with E-state index in [0.717, 1.165) is 18.4 Å². The molecule has 1 aliphatic rings. The fraction of sp³-hybridized carbons (Fsp3) is 0.462. The van der Waals surface area contributed by atoms with E-state index in [1.807, 2.05) is 26.0 Å². The number of rotatable bonds is 3. The molecule has 0 aromatic heterocycles. The zero-order valence-electron chi connectivity index (χ0n) is 9.89. The number of benzene rings is 1. The molecule has 0 heterocycles. The van der Waals surface area contributed by atoms with E-state index in [0.29, 0.717) is 10.0 Å². The Morgan fingerprint density at radius 1 is 1.35 bits per heavy atom. The van der Waals surface area contributed by atoms with Gasteiger partial charge in [-0.2, -0.15) is 0 Å². The summed E-state index contributed by atoms with van der Waals surface area (Å²) < 4.78 is 0. The number of carbonyl (C=O) groups excluding carboxylic acids is 1. The van der Waals surface area contributed by atoms with Crippen molar-refractivity contribution in [3.63, 3.8) is 0 Å². The van der Waals surface area contributed by atoms with E-state index in [4.69, 9.17) is 23.2 Å². The Hall–Kier alpha value is -0.730. The molecule has 1 aliphatic carbocycles. The SMILES string of the molecule is CC(C)C(=O)NC1(c2ccc(Cl)cc2Cl)CC1. The summed E-state index contributed by atoms with van der Waals surface area (Å²) in [6.45, 7) is 3.77. The maximum Gasteiger partial charge on any atom is 0.223 e. The lowest BCUT2D eigenvalue weighted by Crippen LogP contribution is -2.37. The third-order valence-corrected chi connectivity index (χ3v) is 3.63. The second-order valence-electron chi connectivity index (χ2n) is 4.85. The fourth-order valence-corrected chi connectivity index (χ4v) is 2.43. The van der Waals surface area contributed by atoms with Crippen LogP contribution in [0.3, 0.4) is 0 Å². The zero-order valence-corrected chi connectivity index (χ0v) is 11.4. The van der Waals surface area contributed by atoms with Gasteiger partial charge >= 0.3 is 0 Å². The van der Waals surface area contributed by atoms with Gasteiger partial charge in [0.2, 0.25) is 5.91 Å². The van der Waals surface area contributed by atoms with Crippen LogP contribution in [0.15, 0.2) is 18.2 Å². The summed E-state index contributed by atoms with van der Waals surface area (Å²) in [4.78, 5) is 11.8. The van der Waals surface area contributed by atoms with E-state index in [9.17, 15) is 4.79 Å². The molecule has 2 rings (SSSR count). The van der Waals surface area contributed by atoms with Crippen LogP contribution >= 0.6 is 23.2 Å². The van der Waals surface area contributed by atoms with Crippen molar-refractivity contribution in [3.8, 4) is 0 Å². The van der Waals surface area contributed by atoms with Crippen LogP contribution in [0.5, 0.6) is 0 Å². The molecule has 0 unspecified atom stereocenters. The van der Waals surface area contributed by atoms with Gasteiger partial charge in [0.1, 0.15) is 0 Å². The Morgan fingerprint density at radius 2 is 2.00 bits per heavy atom. The van der Waals surface area contributed by atoms with Crippen LogP contribution in [-0.2, 0) is 10.3 Å². The molecule has 2 nitrogen and oxygen atoms in total. The monoisotopic (exact) mass is 271 g/mol. The van der Waals surface area contributed by atoms with Crippen LogP contribution in [-0.4, -0.2) is 5.91 Å². The molecular formula is C13H15Cl2NO. The molecule has 0 spiro atoms. The van der Waals surface area contributed by atoms with E-state index in [1.54, 1.807) is 6.07 Å². The predicted octanol–water partition coefficient (Wildman–Crippen LogP) is 3.75. The van der Waals surface area contributed by atoms with E-state index in [-0.39, 0.29) is 17.4 Å². The van der Waals surface area contributed by atoms with Gasteiger partial charge < -0.3 is 5.32 Å². The molecule has 1 saturated carbocycles. The molecular weight excluding hydrogens is 257 g/mol. The Balaban J connectivity index is 2.24. The van der Waals surface area contributed by atoms with E-state index in [2.05, 4.69) is 5.32 Å². The predicted molar refractivity (Wildman–Crippen MR) is 70.4 cm³/mol. The van der Waals surface area contributed by atoms with Gasteiger partial charge in [-0.1, -0.05) is 43.1 Å². The minimum Gasteiger partial charge on any atom is -0.346 e. The molecule has 0 saturated heterocycles. The normalized spacial score (nSPS) is 17.0. The molecule has 0 bridgehead atoms. The van der Waals surface area contributed by atoms with Crippen molar-refractivity contribution in [2.24, 2.45) is 5.92 Å². The fourth-order valence-electron chi connectivity index (χ4n) is 1.84. The third kappa shape index (κ3) is 2.58. The van der Waals surface area contributed by atoms with Gasteiger partial charge in [-0.25, -0.2) is 0 Å². The lowest BCUT2D eigenvalue weighted by Gasteiger charge is -2.20. The van der Waals surface area contributed by atoms with Gasteiger partial charge in [0.05, 0.1) is 5.54 Å². The first-order chi connectivity index (χ1) is 7.94. The highest BCUT2D eigenvalue weighted by molar-refractivity contribution is 6.35. The number of carbonyl (C=O) groups is 1. The summed E-state index contributed by atoms with van der Waals surface area (Å²) in [6.07, 6.45) is 1.87. The van der Waals surface area contributed by atoms with Crippen molar-refractivity contribution in [2.45, 2.75) is 32.2 Å². The lowest BCUT2D eigenvalue weighted by atomic mass is 10.0. The minimum atomic E-state index is -0.261. The minimum absolute atomic E-state index is 0.0152. The summed E-state index contributed by atoms with van der Waals surface area (Å²) in [7, 11) is 0. The number of halogens is 2. The molecule has 0 atom stereocenters. The maximum absolute atomic E-state index is 11.8. The van der Waals surface area contributed by atoms with Crippen molar-refractivity contribution in [2.75, 3.05) is 0 Å². The van der Waals surface area contributed by atoms with Crippen LogP contribution in [0.1, 0.15) is 32.3 Å². The third-order valence-electron chi connectivity index (χ3n) is 3.08. The van der Waals surface area contributed by atoms with Crippen molar-refractivity contribution >= 4 is 29.1 Å². The first-order valence-corrected chi connectivity index (χ1v) is 6.48. The zero-order chi connectivity index (χ0) is 12.6. The topological polar surface area (TPSA) is 29.1 Å². The van der Waals surface area contributed by atoms with Gasteiger partial charge in [0.25, 0.3) is 0 Å². The largest absolute Gasteiger partial charge is 0.346 e. The standard InChI is InChI=1S/C13H15Cl2NO/c1-8(2)12(17)16-13(5-6-13)10-4-3-9(14)7-11(10)15/h3-4,7-8H,5-6H2,1-2H3,(H,16,17). The summed E-state index contributed by atoms with van der Waals surface area (Å²) in [6, 6.07) is 5.43. The molecule has 0 aliphatic heterocycles. The molecule has 1 N–H and O–H groups in total. The van der Waals surface area contributed by atoms with Crippen molar-refractivity contribution in [3.05, 3.63) is 33.8 Å². The average Bonchev–Trinajstić information content (AvgIpc) is 2.98. The van der Waals surface area contributed by atoms with E-state index >= 15 is 0 Å². The molecule has 1 fully saturated rings. The highest BCUT2D eigenvalue weighted by Gasteiger charge is 2.47. The van der Waals surface area contributed by atoms with Crippen LogP contribution in [0, 0.1) is 5.92 Å². The molecule has 1 aromatic rings. The summed E-state index contributed by atoms with van der Waals surface area (Å²) in [5.74, 6) is 0.0482. The van der Waals surface area contributed by atoms with Crippen molar-refractivity contribution in [1.29, 1.82) is 0 Å². The molecule has 92 valence electrons. The Labute approximate surface area is 111 Å². The van der Waals surface area contributed by atoms with Gasteiger partial charge in [0.15, 0.2) is 0 Å². The van der Waals surface area contributed by atoms with Crippen LogP contribution in [0.2, 0.25) is 10.0 Å². The summed E-state index contributed by atoms with van der Waals surface area (Å²) in [5, 5.41) is 4.32. The Kier molecular flexibility index (Phi) is 3.37. The first kappa shape index (κ1) is 12.7. The highest BCUT2D eigenvalue weighted by atomic mass is 35.5. The summed E-state index contributed by atoms with van der Waals surface area (Å²) in [5.41, 5.74) is 0.709.